The molecule has 1 aliphatic carbocycles. The Morgan fingerprint density at radius 2 is 1.78 bits per heavy atom. The van der Waals surface area contributed by atoms with Gasteiger partial charge in [0.15, 0.2) is 5.96 Å². The molecule has 1 saturated carbocycles. The second-order valence-electron chi connectivity index (χ2n) is 7.61. The number of aliphatic imine (C=N–C) groups is 1. The molecule has 0 aliphatic heterocycles. The van der Waals surface area contributed by atoms with Crippen LogP contribution in [0.15, 0.2) is 59.6 Å². The molecule has 3 N–H and O–H groups in total. The molecule has 1 aliphatic rings. The average Bonchev–Trinajstić information content (AvgIpc) is 3.60. The second-order valence-corrected chi connectivity index (χ2v) is 9.54. The molecule has 2 aromatic carbocycles. The summed E-state index contributed by atoms with van der Waals surface area (Å²) in [5.74, 6) is 2.10. The van der Waals surface area contributed by atoms with Crippen molar-refractivity contribution < 1.29 is 13.2 Å². The van der Waals surface area contributed by atoms with Crippen molar-refractivity contribution in [1.29, 1.82) is 0 Å². The third-order valence-corrected chi connectivity index (χ3v) is 6.22. The van der Waals surface area contributed by atoms with Crippen molar-refractivity contribution in [2.75, 3.05) is 25.4 Å². The summed E-state index contributed by atoms with van der Waals surface area (Å²) in [5.41, 5.74) is 1.94. The lowest BCUT2D eigenvalue weighted by molar-refractivity contribution is 0.297. The van der Waals surface area contributed by atoms with Gasteiger partial charge in [0.25, 0.3) is 0 Å². The van der Waals surface area contributed by atoms with Gasteiger partial charge in [0.05, 0.1) is 18.9 Å². The third-order valence-electron chi connectivity index (χ3n) is 4.90. The van der Waals surface area contributed by atoms with Crippen LogP contribution in [0.4, 0.5) is 0 Å². The van der Waals surface area contributed by atoms with E-state index in [2.05, 4.69) is 20.3 Å². The minimum absolute atomic E-state index is 0. The Labute approximate surface area is 208 Å². The number of guanidine groups is 1. The van der Waals surface area contributed by atoms with Crippen molar-refractivity contribution in [2.24, 2.45) is 10.9 Å². The maximum Gasteiger partial charge on any atom is 0.213 e. The summed E-state index contributed by atoms with van der Waals surface area (Å²) >= 11 is 0. The van der Waals surface area contributed by atoms with Gasteiger partial charge >= 0.3 is 0 Å². The van der Waals surface area contributed by atoms with E-state index in [9.17, 15) is 8.42 Å². The molecule has 2 aromatic rings. The standard InChI is InChI=1S/C23H32N4O3S.HI/c1-2-24-23(25-14-15-31(28,29)27-16-19-8-4-3-5-9-19)26-17-21-10-6-7-11-22(21)30-18-20-12-13-20;/h3-11,20,27H,2,12-18H2,1H3,(H2,24,25,26);1H. The quantitative estimate of drug-likeness (QED) is 0.206. The van der Waals surface area contributed by atoms with E-state index < -0.39 is 10.0 Å². The molecule has 32 heavy (non-hydrogen) atoms. The van der Waals surface area contributed by atoms with Gasteiger partial charge in [0.2, 0.25) is 10.0 Å². The molecule has 0 bridgehead atoms. The highest BCUT2D eigenvalue weighted by molar-refractivity contribution is 14.0. The van der Waals surface area contributed by atoms with Crippen LogP contribution in [0.2, 0.25) is 0 Å². The van der Waals surface area contributed by atoms with Crippen molar-refractivity contribution in [1.82, 2.24) is 15.4 Å². The van der Waals surface area contributed by atoms with E-state index in [1.54, 1.807) is 0 Å². The molecule has 0 aromatic heterocycles. The molecule has 176 valence electrons. The number of halogens is 1. The molecular formula is C23H33IN4O3S. The molecule has 0 saturated heterocycles. The Kier molecular flexibility index (Phi) is 11.3. The molecular weight excluding hydrogens is 539 g/mol. The average molecular weight is 573 g/mol. The van der Waals surface area contributed by atoms with Gasteiger partial charge in [-0.25, -0.2) is 18.1 Å². The van der Waals surface area contributed by atoms with Crippen LogP contribution in [0.1, 0.15) is 30.9 Å². The van der Waals surface area contributed by atoms with E-state index in [0.29, 0.717) is 25.0 Å². The summed E-state index contributed by atoms with van der Waals surface area (Å²) < 4.78 is 33.1. The van der Waals surface area contributed by atoms with Crippen LogP contribution in [0.3, 0.4) is 0 Å². The van der Waals surface area contributed by atoms with E-state index in [-0.39, 0.29) is 42.8 Å². The minimum atomic E-state index is -3.39. The largest absolute Gasteiger partial charge is 0.493 e. The zero-order valence-electron chi connectivity index (χ0n) is 18.4. The molecule has 0 atom stereocenters. The zero-order valence-corrected chi connectivity index (χ0v) is 21.6. The van der Waals surface area contributed by atoms with E-state index in [1.165, 1.54) is 12.8 Å². The lowest BCUT2D eigenvalue weighted by atomic mass is 10.2. The number of sulfonamides is 1. The van der Waals surface area contributed by atoms with Crippen LogP contribution in [0.5, 0.6) is 5.75 Å². The highest BCUT2D eigenvalue weighted by Crippen LogP contribution is 2.30. The van der Waals surface area contributed by atoms with Crippen LogP contribution in [0.25, 0.3) is 0 Å². The first kappa shape index (κ1) is 26.4. The summed E-state index contributed by atoms with van der Waals surface area (Å²) in [6.45, 7) is 4.42. The topological polar surface area (TPSA) is 91.8 Å². The number of ether oxygens (including phenoxy) is 1. The maximum atomic E-state index is 12.3. The fourth-order valence-electron chi connectivity index (χ4n) is 2.94. The highest BCUT2D eigenvalue weighted by Gasteiger charge is 2.22. The lowest BCUT2D eigenvalue weighted by Gasteiger charge is -2.13. The number of hydrogen-bond donors (Lipinski definition) is 3. The normalized spacial score (nSPS) is 13.8. The molecule has 1 fully saturated rings. The van der Waals surface area contributed by atoms with E-state index in [1.807, 2.05) is 61.5 Å². The molecule has 0 heterocycles. The molecule has 0 radical (unpaired) electrons. The number of rotatable bonds is 12. The lowest BCUT2D eigenvalue weighted by Crippen LogP contribution is -2.41. The smallest absolute Gasteiger partial charge is 0.213 e. The molecule has 3 rings (SSSR count). The van der Waals surface area contributed by atoms with Gasteiger partial charge in [-0.1, -0.05) is 48.5 Å². The van der Waals surface area contributed by atoms with E-state index in [4.69, 9.17) is 4.74 Å². The Balaban J connectivity index is 0.00000363. The summed E-state index contributed by atoms with van der Waals surface area (Å²) in [5, 5.41) is 6.26. The Morgan fingerprint density at radius 3 is 2.50 bits per heavy atom. The number of nitrogens with one attached hydrogen (secondary N) is 3. The number of para-hydroxylation sites is 1. The maximum absolute atomic E-state index is 12.3. The SMILES string of the molecule is CCNC(=NCc1ccccc1OCC1CC1)NCCS(=O)(=O)NCc1ccccc1.I. The molecule has 7 nitrogen and oxygen atoms in total. The van der Waals surface area contributed by atoms with Crippen LogP contribution in [0, 0.1) is 5.92 Å². The zero-order chi connectivity index (χ0) is 21.9. The van der Waals surface area contributed by atoms with Gasteiger partial charge in [-0.2, -0.15) is 0 Å². The van der Waals surface area contributed by atoms with E-state index in [0.717, 1.165) is 23.5 Å². The fourth-order valence-corrected chi connectivity index (χ4v) is 3.84. The molecule has 0 spiro atoms. The summed E-state index contributed by atoms with van der Waals surface area (Å²) in [6.07, 6.45) is 2.50. The third kappa shape index (κ3) is 9.74. The van der Waals surface area contributed by atoms with Gasteiger partial charge in [0, 0.05) is 25.2 Å². The highest BCUT2D eigenvalue weighted by atomic mass is 127. The first-order chi connectivity index (χ1) is 15.1. The Morgan fingerprint density at radius 1 is 1.06 bits per heavy atom. The van der Waals surface area contributed by atoms with Gasteiger partial charge in [-0.15, -0.1) is 24.0 Å². The Hall–Kier alpha value is -1.85. The van der Waals surface area contributed by atoms with Crippen molar-refractivity contribution in [3.8, 4) is 5.75 Å². The van der Waals surface area contributed by atoms with E-state index >= 15 is 0 Å². The summed E-state index contributed by atoms with van der Waals surface area (Å²) in [7, 11) is -3.39. The van der Waals surface area contributed by atoms with Crippen LogP contribution in [-0.2, 0) is 23.1 Å². The van der Waals surface area contributed by atoms with Crippen molar-refractivity contribution in [2.45, 2.75) is 32.9 Å². The van der Waals surface area contributed by atoms with Crippen LogP contribution >= 0.6 is 24.0 Å². The first-order valence-corrected chi connectivity index (χ1v) is 12.4. The number of hydrogen-bond acceptors (Lipinski definition) is 4. The van der Waals surface area contributed by atoms with Gasteiger partial charge in [0.1, 0.15) is 5.75 Å². The van der Waals surface area contributed by atoms with Crippen LogP contribution in [-0.4, -0.2) is 39.8 Å². The van der Waals surface area contributed by atoms with Crippen molar-refractivity contribution in [3.05, 3.63) is 65.7 Å². The molecule has 0 unspecified atom stereocenters. The first-order valence-electron chi connectivity index (χ1n) is 10.8. The predicted molar refractivity (Wildman–Crippen MR) is 140 cm³/mol. The number of benzene rings is 2. The van der Waals surface area contributed by atoms with Gasteiger partial charge < -0.3 is 15.4 Å². The molecule has 0 amide bonds. The van der Waals surface area contributed by atoms with Gasteiger partial charge in [-0.05, 0) is 37.3 Å². The minimum Gasteiger partial charge on any atom is -0.493 e. The molecule has 9 heteroatoms. The predicted octanol–water partition coefficient (Wildman–Crippen LogP) is 3.27. The summed E-state index contributed by atoms with van der Waals surface area (Å²) in [6, 6.07) is 17.4. The summed E-state index contributed by atoms with van der Waals surface area (Å²) in [4.78, 5) is 4.60. The number of nitrogens with zero attached hydrogens (tertiary/aromatic N) is 1. The second kappa shape index (κ2) is 13.6. The van der Waals surface area contributed by atoms with Gasteiger partial charge in [-0.3, -0.25) is 0 Å². The monoisotopic (exact) mass is 572 g/mol. The van der Waals surface area contributed by atoms with Crippen molar-refractivity contribution in [3.63, 3.8) is 0 Å². The van der Waals surface area contributed by atoms with Crippen molar-refractivity contribution >= 4 is 40.0 Å². The fraction of sp³-hybridized carbons (Fsp3) is 0.435. The Bertz CT molecular complexity index is 951. The van der Waals surface area contributed by atoms with Crippen LogP contribution < -0.4 is 20.1 Å².